The van der Waals surface area contributed by atoms with Crippen LogP contribution in [0.4, 0.5) is 11.4 Å². The number of ether oxygens (including phenoxy) is 2. The molecule has 3 amide bonds. The Labute approximate surface area is 272 Å². The number of hydrogen-bond donors (Lipinski definition) is 1. The highest BCUT2D eigenvalue weighted by Crippen LogP contribution is 2.59. The molecule has 3 fully saturated rings. The summed E-state index contributed by atoms with van der Waals surface area (Å²) in [5.41, 5.74) is 2.25. The lowest BCUT2D eigenvalue weighted by Gasteiger charge is -2.37. The lowest BCUT2D eigenvalue weighted by Crippen LogP contribution is -2.57. The number of carbonyl (C=O) groups is 3. The van der Waals surface area contributed by atoms with Crippen LogP contribution in [-0.4, -0.2) is 78.3 Å². The van der Waals surface area contributed by atoms with Gasteiger partial charge in [-0.1, -0.05) is 30.4 Å². The molecule has 2 aromatic carbocycles. The van der Waals surface area contributed by atoms with Gasteiger partial charge in [-0.3, -0.25) is 14.4 Å². The van der Waals surface area contributed by atoms with E-state index in [4.69, 9.17) is 9.47 Å². The SMILES string of the molecule is C=CCN(C(=O)[C@@H]1[C@H]2C(=O)N(CCCCCO)C(C(=O)N(CC=C)c3c(C)cccc3C)C23CC[C@H]1O3)c1ccc(OCC)cc1. The molecule has 5 rings (SSSR count). The Morgan fingerprint density at radius 1 is 1.02 bits per heavy atom. The van der Waals surface area contributed by atoms with Crippen molar-refractivity contribution >= 4 is 29.1 Å². The second-order valence-corrected chi connectivity index (χ2v) is 12.5. The van der Waals surface area contributed by atoms with Crippen LogP contribution < -0.4 is 14.5 Å². The van der Waals surface area contributed by atoms with Crippen LogP contribution in [-0.2, 0) is 19.1 Å². The Balaban J connectivity index is 1.54. The standard InChI is InChI=1S/C37H47N3O6/c1-6-21-38(27-15-17-28(18-16-27)45-8-3)34(42)30-29-19-20-37(46-29)31(30)35(43)40(23-10-9-11-24-41)33(37)36(44)39(22-7-2)32-25(4)13-12-14-26(32)5/h6-7,12-18,29-31,33,41H,1-2,8-11,19-24H2,3-5H3/t29-,30+,31+,33?,37?/m1/s1. The number of aryl methyl sites for hydroxylation is 2. The van der Waals surface area contributed by atoms with Crippen LogP contribution in [0.3, 0.4) is 0 Å². The number of benzene rings is 2. The number of hydrogen-bond acceptors (Lipinski definition) is 6. The molecule has 5 atom stereocenters. The molecule has 46 heavy (non-hydrogen) atoms. The van der Waals surface area contributed by atoms with Gasteiger partial charge in [0.25, 0.3) is 5.91 Å². The van der Waals surface area contributed by atoms with E-state index in [1.54, 1.807) is 26.9 Å². The third kappa shape index (κ3) is 5.86. The Morgan fingerprint density at radius 2 is 1.70 bits per heavy atom. The summed E-state index contributed by atoms with van der Waals surface area (Å²) in [5, 5.41) is 9.38. The quantitative estimate of drug-likeness (QED) is 0.221. The fourth-order valence-corrected chi connectivity index (χ4v) is 7.85. The minimum absolute atomic E-state index is 0.0641. The maximum absolute atomic E-state index is 14.9. The van der Waals surface area contributed by atoms with E-state index in [2.05, 4.69) is 13.2 Å². The van der Waals surface area contributed by atoms with E-state index in [0.717, 1.165) is 16.8 Å². The number of aliphatic hydroxyl groups excluding tert-OH is 1. The average Bonchev–Trinajstić information content (AvgIpc) is 3.69. The predicted octanol–water partition coefficient (Wildman–Crippen LogP) is 4.98. The van der Waals surface area contributed by atoms with Crippen LogP contribution in [0.5, 0.6) is 5.75 Å². The first kappa shape index (κ1) is 33.4. The number of amides is 3. The van der Waals surface area contributed by atoms with Gasteiger partial charge in [0, 0.05) is 37.6 Å². The lowest BCUT2D eigenvalue weighted by molar-refractivity contribution is -0.140. The second kappa shape index (κ2) is 14.2. The average molecular weight is 630 g/mol. The fourth-order valence-electron chi connectivity index (χ4n) is 7.85. The van der Waals surface area contributed by atoms with Crippen LogP contribution >= 0.6 is 0 Å². The van der Waals surface area contributed by atoms with Crippen LogP contribution in [0.1, 0.15) is 50.2 Å². The van der Waals surface area contributed by atoms with E-state index in [-0.39, 0.29) is 37.4 Å². The van der Waals surface area contributed by atoms with Gasteiger partial charge in [0.05, 0.1) is 24.5 Å². The van der Waals surface area contributed by atoms with Gasteiger partial charge in [-0.25, -0.2) is 0 Å². The van der Waals surface area contributed by atoms with Gasteiger partial charge in [0.15, 0.2) is 0 Å². The van der Waals surface area contributed by atoms with E-state index < -0.39 is 29.6 Å². The second-order valence-electron chi connectivity index (χ2n) is 12.5. The molecule has 2 bridgehead atoms. The molecule has 9 nitrogen and oxygen atoms in total. The Bertz CT molecular complexity index is 1440. The van der Waals surface area contributed by atoms with Gasteiger partial charge in [-0.15, -0.1) is 13.2 Å². The van der Waals surface area contributed by atoms with Crippen LogP contribution in [0.25, 0.3) is 0 Å². The van der Waals surface area contributed by atoms with Crippen molar-refractivity contribution in [3.63, 3.8) is 0 Å². The lowest BCUT2D eigenvalue weighted by atomic mass is 9.70. The monoisotopic (exact) mass is 629 g/mol. The molecule has 246 valence electrons. The van der Waals surface area contributed by atoms with Gasteiger partial charge < -0.3 is 29.3 Å². The number of carbonyl (C=O) groups excluding carboxylic acids is 3. The van der Waals surface area contributed by atoms with Crippen molar-refractivity contribution in [1.29, 1.82) is 0 Å². The van der Waals surface area contributed by atoms with E-state index >= 15 is 0 Å². The predicted molar refractivity (Wildman–Crippen MR) is 179 cm³/mol. The summed E-state index contributed by atoms with van der Waals surface area (Å²) >= 11 is 0. The molecular weight excluding hydrogens is 582 g/mol. The highest BCUT2D eigenvalue weighted by molar-refractivity contribution is 6.07. The summed E-state index contributed by atoms with van der Waals surface area (Å²) in [6.07, 6.45) is 5.94. The molecule has 1 N–H and O–H groups in total. The van der Waals surface area contributed by atoms with Crippen LogP contribution in [0, 0.1) is 25.7 Å². The number of rotatable bonds is 15. The minimum Gasteiger partial charge on any atom is -0.494 e. The summed E-state index contributed by atoms with van der Waals surface area (Å²) in [7, 11) is 0. The van der Waals surface area contributed by atoms with Crippen molar-refractivity contribution in [2.45, 2.75) is 70.6 Å². The number of nitrogens with zero attached hydrogens (tertiary/aromatic N) is 3. The first-order chi connectivity index (χ1) is 22.2. The minimum atomic E-state index is -1.12. The first-order valence-electron chi connectivity index (χ1n) is 16.5. The molecule has 2 aromatic rings. The van der Waals surface area contributed by atoms with E-state index in [9.17, 15) is 19.5 Å². The van der Waals surface area contributed by atoms with Crippen molar-refractivity contribution in [1.82, 2.24) is 4.90 Å². The fraction of sp³-hybridized carbons (Fsp3) is 0.486. The summed E-state index contributed by atoms with van der Waals surface area (Å²) in [5.74, 6) is -1.47. The maximum atomic E-state index is 14.9. The molecule has 3 heterocycles. The molecular formula is C37H47N3O6. The molecule has 3 aliphatic heterocycles. The summed E-state index contributed by atoms with van der Waals surface area (Å²) in [4.78, 5) is 49.0. The Morgan fingerprint density at radius 3 is 2.33 bits per heavy atom. The topological polar surface area (TPSA) is 99.6 Å². The Kier molecular flexibility index (Phi) is 10.3. The first-order valence-corrected chi connectivity index (χ1v) is 16.5. The molecule has 0 saturated carbocycles. The van der Waals surface area contributed by atoms with Crippen molar-refractivity contribution < 1.29 is 29.0 Å². The summed E-state index contributed by atoms with van der Waals surface area (Å²) < 4.78 is 12.3. The zero-order valence-electron chi connectivity index (χ0n) is 27.3. The molecule has 2 unspecified atom stereocenters. The Hall–Kier alpha value is -3.95. The number of anilines is 2. The number of likely N-dealkylation sites (tertiary alicyclic amines) is 1. The molecule has 0 radical (unpaired) electrons. The van der Waals surface area contributed by atoms with Gasteiger partial charge in [0.1, 0.15) is 17.4 Å². The smallest absolute Gasteiger partial charge is 0.253 e. The number of para-hydroxylation sites is 1. The zero-order valence-corrected chi connectivity index (χ0v) is 27.3. The highest BCUT2D eigenvalue weighted by atomic mass is 16.5. The molecule has 1 spiro atoms. The largest absolute Gasteiger partial charge is 0.494 e. The third-order valence-corrected chi connectivity index (χ3v) is 9.70. The number of fused-ring (bicyclic) bond motifs is 1. The van der Waals surface area contributed by atoms with Gasteiger partial charge >= 0.3 is 0 Å². The van der Waals surface area contributed by atoms with Gasteiger partial charge in [0.2, 0.25) is 11.8 Å². The van der Waals surface area contributed by atoms with Crippen molar-refractivity contribution in [3.8, 4) is 5.75 Å². The highest BCUT2D eigenvalue weighted by Gasteiger charge is 2.75. The molecule has 3 saturated heterocycles. The molecule has 9 heteroatoms. The molecule has 0 aliphatic carbocycles. The zero-order chi connectivity index (χ0) is 33.0. The van der Waals surface area contributed by atoms with Crippen molar-refractivity contribution in [2.24, 2.45) is 11.8 Å². The van der Waals surface area contributed by atoms with E-state index in [1.165, 1.54) is 0 Å². The summed E-state index contributed by atoms with van der Waals surface area (Å²) in [6, 6.07) is 12.3. The summed E-state index contributed by atoms with van der Waals surface area (Å²) in [6.45, 7) is 15.1. The number of unbranched alkanes of at least 4 members (excludes halogenated alkanes) is 2. The third-order valence-electron chi connectivity index (χ3n) is 9.70. The van der Waals surface area contributed by atoms with E-state index in [0.29, 0.717) is 56.7 Å². The normalized spacial score (nSPS) is 24.5. The van der Waals surface area contributed by atoms with Crippen molar-refractivity contribution in [2.75, 3.05) is 42.6 Å². The number of aliphatic hydroxyl groups is 1. The maximum Gasteiger partial charge on any atom is 0.253 e. The van der Waals surface area contributed by atoms with Crippen LogP contribution in [0.15, 0.2) is 67.8 Å². The van der Waals surface area contributed by atoms with E-state index in [1.807, 2.05) is 63.2 Å². The van der Waals surface area contributed by atoms with Crippen LogP contribution in [0.2, 0.25) is 0 Å². The molecule has 0 aromatic heterocycles. The van der Waals surface area contributed by atoms with Gasteiger partial charge in [-0.2, -0.15) is 0 Å². The molecule has 3 aliphatic rings. The van der Waals surface area contributed by atoms with Gasteiger partial charge in [-0.05, 0) is 88.3 Å². The van der Waals surface area contributed by atoms with Crippen molar-refractivity contribution in [3.05, 3.63) is 78.9 Å².